The van der Waals surface area contributed by atoms with Gasteiger partial charge in [0.1, 0.15) is 27.9 Å². The first-order chi connectivity index (χ1) is 14.4. The van der Waals surface area contributed by atoms with E-state index in [-0.39, 0.29) is 24.6 Å². The van der Waals surface area contributed by atoms with Crippen molar-refractivity contribution < 1.29 is 14.9 Å². The van der Waals surface area contributed by atoms with Gasteiger partial charge in [0.2, 0.25) is 0 Å². The summed E-state index contributed by atoms with van der Waals surface area (Å²) in [4.78, 5) is 16.1. The summed E-state index contributed by atoms with van der Waals surface area (Å²) >= 11 is 13.1. The van der Waals surface area contributed by atoms with Crippen molar-refractivity contribution in [3.8, 4) is 11.5 Å². The minimum Gasteiger partial charge on any atom is -0.456 e. The highest BCUT2D eigenvalue weighted by Gasteiger charge is 2.16. The second-order valence-electron chi connectivity index (χ2n) is 6.10. The molecule has 1 aromatic heterocycles. The molecule has 0 saturated heterocycles. The molecule has 30 heavy (non-hydrogen) atoms. The number of aromatic nitrogens is 1. The lowest BCUT2D eigenvalue weighted by atomic mass is 10.2. The van der Waals surface area contributed by atoms with Crippen LogP contribution in [0.25, 0.3) is 0 Å². The van der Waals surface area contributed by atoms with E-state index in [9.17, 15) is 4.79 Å². The van der Waals surface area contributed by atoms with E-state index in [0.717, 1.165) is 11.5 Å². The lowest BCUT2D eigenvalue weighted by Gasteiger charge is -2.10. The van der Waals surface area contributed by atoms with Gasteiger partial charge in [0.15, 0.2) is 0 Å². The van der Waals surface area contributed by atoms with E-state index in [1.807, 2.05) is 0 Å². The number of H-pyrrole nitrogens is 1. The monoisotopic (exact) mass is 468 g/mol. The molecular weight excluding hydrogens is 451 g/mol. The van der Waals surface area contributed by atoms with E-state index in [2.05, 4.69) is 14.7 Å². The molecule has 158 valence electrons. The summed E-state index contributed by atoms with van der Waals surface area (Å²) in [6.45, 7) is -0.778. The molecule has 11 heteroatoms. The topological polar surface area (TPSA) is 133 Å². The van der Waals surface area contributed by atoms with Crippen molar-refractivity contribution in [1.82, 2.24) is 4.37 Å². The standard InChI is InChI=1S/C19H18Cl2N4O4S/c20-10-1-6-14(21)15(7-10)29-13-4-2-11(3-5-13)24-19-16(18(28)25-30-19)17(22)23-12(8-26)9-27/h1-7,12,24,26-27H,8-9H2,(H2,22,23)(H,25,28). The number of benzene rings is 2. The van der Waals surface area contributed by atoms with Crippen molar-refractivity contribution in [2.45, 2.75) is 6.04 Å². The SMILES string of the molecule is NC(=NC(CO)CO)c1c(Nc2ccc(Oc3cc(Cl)ccc3Cl)cc2)s[nH]c1=O. The third-order valence-corrected chi connectivity index (χ3v) is 5.28. The minimum atomic E-state index is -0.799. The normalized spacial score (nSPS) is 11.7. The fourth-order valence-corrected chi connectivity index (χ4v) is 3.53. The van der Waals surface area contributed by atoms with E-state index in [1.54, 1.807) is 42.5 Å². The molecule has 2 aromatic carbocycles. The number of aliphatic hydroxyl groups excluding tert-OH is 2. The Labute approximate surface area is 185 Å². The molecule has 0 spiro atoms. The average Bonchev–Trinajstić information content (AvgIpc) is 3.10. The average molecular weight is 469 g/mol. The number of aromatic amines is 1. The number of hydrogen-bond donors (Lipinski definition) is 5. The smallest absolute Gasteiger partial charge is 0.271 e. The van der Waals surface area contributed by atoms with Crippen LogP contribution in [-0.4, -0.2) is 39.7 Å². The first kappa shape index (κ1) is 22.1. The van der Waals surface area contributed by atoms with Crippen LogP contribution in [0.5, 0.6) is 11.5 Å². The molecule has 0 fully saturated rings. The van der Waals surface area contributed by atoms with Crippen LogP contribution in [0.2, 0.25) is 10.0 Å². The van der Waals surface area contributed by atoms with E-state index in [0.29, 0.717) is 32.2 Å². The lowest BCUT2D eigenvalue weighted by molar-refractivity contribution is 0.195. The number of rotatable bonds is 8. The first-order valence-electron chi connectivity index (χ1n) is 8.68. The molecule has 8 nitrogen and oxygen atoms in total. The lowest BCUT2D eigenvalue weighted by Crippen LogP contribution is -2.27. The largest absolute Gasteiger partial charge is 0.456 e. The third kappa shape index (κ3) is 5.32. The van der Waals surface area contributed by atoms with Crippen LogP contribution < -0.4 is 21.3 Å². The van der Waals surface area contributed by atoms with Crippen molar-refractivity contribution in [2.24, 2.45) is 10.7 Å². The van der Waals surface area contributed by atoms with Gasteiger partial charge in [-0.15, -0.1) is 0 Å². The number of halogens is 2. The predicted octanol–water partition coefficient (Wildman–Crippen LogP) is 3.34. The highest BCUT2D eigenvalue weighted by molar-refractivity contribution is 7.10. The van der Waals surface area contributed by atoms with E-state index < -0.39 is 11.6 Å². The Kier molecular flexibility index (Phi) is 7.35. The van der Waals surface area contributed by atoms with Gasteiger partial charge < -0.3 is 26.0 Å². The number of aliphatic hydroxyl groups is 2. The van der Waals surface area contributed by atoms with Crippen molar-refractivity contribution in [1.29, 1.82) is 0 Å². The Balaban J connectivity index is 1.78. The maximum Gasteiger partial charge on any atom is 0.271 e. The van der Waals surface area contributed by atoms with Gasteiger partial charge in [0.05, 0.1) is 24.3 Å². The summed E-state index contributed by atoms with van der Waals surface area (Å²) in [6.07, 6.45) is 0. The summed E-state index contributed by atoms with van der Waals surface area (Å²) in [5.74, 6) is 0.896. The molecule has 0 radical (unpaired) electrons. The minimum absolute atomic E-state index is 0.0800. The summed E-state index contributed by atoms with van der Waals surface area (Å²) in [5.41, 5.74) is 6.30. The van der Waals surface area contributed by atoms with Crippen molar-refractivity contribution in [3.63, 3.8) is 0 Å². The zero-order valence-electron chi connectivity index (χ0n) is 15.4. The van der Waals surface area contributed by atoms with Crippen molar-refractivity contribution in [2.75, 3.05) is 18.5 Å². The van der Waals surface area contributed by atoms with Crippen LogP contribution in [0.4, 0.5) is 10.7 Å². The third-order valence-electron chi connectivity index (χ3n) is 3.93. The molecule has 0 aliphatic rings. The van der Waals surface area contributed by atoms with Crippen molar-refractivity contribution >= 4 is 51.3 Å². The van der Waals surface area contributed by atoms with Gasteiger partial charge in [0, 0.05) is 16.8 Å². The van der Waals surface area contributed by atoms with Gasteiger partial charge in [-0.1, -0.05) is 23.2 Å². The molecule has 1 heterocycles. The summed E-state index contributed by atoms with van der Waals surface area (Å²) in [7, 11) is 0. The molecule has 0 aliphatic heterocycles. The van der Waals surface area contributed by atoms with Crippen LogP contribution in [0.1, 0.15) is 5.56 Å². The van der Waals surface area contributed by atoms with Crippen LogP contribution in [0.3, 0.4) is 0 Å². The number of anilines is 2. The molecule has 0 bridgehead atoms. The fourth-order valence-electron chi connectivity index (χ4n) is 2.44. The van der Waals surface area contributed by atoms with Gasteiger partial charge in [-0.05, 0) is 47.9 Å². The molecule has 6 N–H and O–H groups in total. The van der Waals surface area contributed by atoms with Gasteiger partial charge in [-0.3, -0.25) is 14.2 Å². The number of hydrogen-bond acceptors (Lipinski definition) is 7. The molecule has 0 amide bonds. The molecule has 0 saturated carbocycles. The molecule has 0 aliphatic carbocycles. The Bertz CT molecular complexity index is 1090. The van der Waals surface area contributed by atoms with Crippen LogP contribution >= 0.6 is 34.7 Å². The van der Waals surface area contributed by atoms with E-state index in [1.165, 1.54) is 0 Å². The number of nitrogens with two attached hydrogens (primary N) is 1. The molecule has 0 unspecified atom stereocenters. The second kappa shape index (κ2) is 9.96. The maximum absolute atomic E-state index is 12.1. The Morgan fingerprint density at radius 1 is 1.20 bits per heavy atom. The molecule has 3 rings (SSSR count). The van der Waals surface area contributed by atoms with E-state index in [4.69, 9.17) is 43.9 Å². The second-order valence-corrected chi connectivity index (χ2v) is 7.76. The van der Waals surface area contributed by atoms with Gasteiger partial charge in [0.25, 0.3) is 5.56 Å². The van der Waals surface area contributed by atoms with Crippen LogP contribution in [0, 0.1) is 0 Å². The number of amidine groups is 1. The Hall–Kier alpha value is -2.56. The van der Waals surface area contributed by atoms with E-state index >= 15 is 0 Å². The van der Waals surface area contributed by atoms with Crippen molar-refractivity contribution in [3.05, 3.63) is 68.4 Å². The fraction of sp³-hybridized carbons (Fsp3) is 0.158. The number of ether oxygens (including phenoxy) is 1. The number of aliphatic imine (C=N–C) groups is 1. The van der Waals surface area contributed by atoms with Gasteiger partial charge in [-0.25, -0.2) is 0 Å². The highest BCUT2D eigenvalue weighted by atomic mass is 35.5. The quantitative estimate of drug-likeness (QED) is 0.254. The molecule has 3 aromatic rings. The number of nitrogens with zero attached hydrogens (tertiary/aromatic N) is 1. The first-order valence-corrected chi connectivity index (χ1v) is 10.2. The predicted molar refractivity (Wildman–Crippen MR) is 120 cm³/mol. The summed E-state index contributed by atoms with van der Waals surface area (Å²) in [6, 6.07) is 11.1. The number of nitrogens with one attached hydrogen (secondary N) is 2. The van der Waals surface area contributed by atoms with Crippen LogP contribution in [0.15, 0.2) is 52.3 Å². The molecular formula is C19H18Cl2N4O4S. The Morgan fingerprint density at radius 2 is 1.90 bits per heavy atom. The summed E-state index contributed by atoms with van der Waals surface area (Å²) < 4.78 is 8.33. The van der Waals surface area contributed by atoms with Crippen LogP contribution in [-0.2, 0) is 0 Å². The summed E-state index contributed by atoms with van der Waals surface area (Å²) in [5, 5.41) is 22.8. The zero-order chi connectivity index (χ0) is 21.7. The van der Waals surface area contributed by atoms with Gasteiger partial charge >= 0.3 is 0 Å². The zero-order valence-corrected chi connectivity index (χ0v) is 17.8. The molecule has 0 atom stereocenters. The maximum atomic E-state index is 12.1. The highest BCUT2D eigenvalue weighted by Crippen LogP contribution is 2.32. The van der Waals surface area contributed by atoms with Gasteiger partial charge in [-0.2, -0.15) is 0 Å². The Morgan fingerprint density at radius 3 is 2.57 bits per heavy atom.